The van der Waals surface area contributed by atoms with Gasteiger partial charge in [-0.25, -0.2) is 5.43 Å². The normalized spacial score (nSPS) is 10.9. The lowest BCUT2D eigenvalue weighted by molar-refractivity contribution is -0.118. The van der Waals surface area contributed by atoms with Crippen LogP contribution in [0.25, 0.3) is 0 Å². The largest absolute Gasteiger partial charge is 0.489 e. The maximum atomic E-state index is 12.0. The summed E-state index contributed by atoms with van der Waals surface area (Å²) in [6.07, 6.45) is 1.58. The number of ether oxygens (including phenoxy) is 1. The van der Waals surface area contributed by atoms with E-state index in [1.165, 1.54) is 11.8 Å². The minimum atomic E-state index is -0.203. The van der Waals surface area contributed by atoms with E-state index in [0.717, 1.165) is 22.4 Å². The molecule has 3 aromatic rings. The number of amides is 1. The highest BCUT2D eigenvalue weighted by Crippen LogP contribution is 2.28. The standard InChI is InChI=1S/C23H19Cl3N2O2S/c24-18-4-1-3-17(11-18)13-30-19-9-7-16(8-10-19)12-27-28-23(29)15-31-14-20-21(25)5-2-6-22(20)26/h1-12H,13-15H2,(H,28,29)/b27-12-. The second-order valence-corrected chi connectivity index (χ2v) is 8.71. The second-order valence-electron chi connectivity index (χ2n) is 6.47. The van der Waals surface area contributed by atoms with Gasteiger partial charge in [0.25, 0.3) is 0 Å². The van der Waals surface area contributed by atoms with Crippen molar-refractivity contribution >= 4 is 58.7 Å². The van der Waals surface area contributed by atoms with Crippen LogP contribution in [0.4, 0.5) is 0 Å². The maximum Gasteiger partial charge on any atom is 0.250 e. The van der Waals surface area contributed by atoms with E-state index < -0.39 is 0 Å². The summed E-state index contributed by atoms with van der Waals surface area (Å²) in [4.78, 5) is 12.0. The molecule has 0 spiro atoms. The lowest BCUT2D eigenvalue weighted by Gasteiger charge is -2.07. The van der Waals surface area contributed by atoms with Crippen LogP contribution in [0.1, 0.15) is 16.7 Å². The molecule has 0 heterocycles. The summed E-state index contributed by atoms with van der Waals surface area (Å²) in [5.41, 5.74) is 5.17. The van der Waals surface area contributed by atoms with Crippen molar-refractivity contribution in [3.05, 3.63) is 98.5 Å². The van der Waals surface area contributed by atoms with Crippen LogP contribution < -0.4 is 10.2 Å². The van der Waals surface area contributed by atoms with Gasteiger partial charge >= 0.3 is 0 Å². The zero-order chi connectivity index (χ0) is 22.1. The summed E-state index contributed by atoms with van der Waals surface area (Å²) in [5.74, 6) is 1.32. The number of carbonyl (C=O) groups excluding carboxylic acids is 1. The van der Waals surface area contributed by atoms with E-state index in [1.54, 1.807) is 24.4 Å². The average molecular weight is 494 g/mol. The molecule has 0 atom stereocenters. The van der Waals surface area contributed by atoms with Crippen molar-refractivity contribution in [1.29, 1.82) is 0 Å². The molecule has 1 amide bonds. The lowest BCUT2D eigenvalue weighted by atomic mass is 10.2. The molecule has 160 valence electrons. The zero-order valence-electron chi connectivity index (χ0n) is 16.4. The minimum Gasteiger partial charge on any atom is -0.489 e. The van der Waals surface area contributed by atoms with E-state index in [-0.39, 0.29) is 11.7 Å². The topological polar surface area (TPSA) is 50.7 Å². The Labute approximate surface area is 200 Å². The Bertz CT molecular complexity index is 1040. The number of rotatable bonds is 9. The van der Waals surface area contributed by atoms with Crippen LogP contribution in [0.2, 0.25) is 15.1 Å². The van der Waals surface area contributed by atoms with Gasteiger partial charge in [-0.3, -0.25) is 4.79 Å². The molecule has 0 fully saturated rings. The van der Waals surface area contributed by atoms with Crippen LogP contribution in [0.5, 0.6) is 5.75 Å². The summed E-state index contributed by atoms with van der Waals surface area (Å²) in [6.45, 7) is 0.432. The molecule has 0 bridgehead atoms. The summed E-state index contributed by atoms with van der Waals surface area (Å²) < 4.78 is 5.75. The van der Waals surface area contributed by atoms with Gasteiger partial charge in [0.15, 0.2) is 0 Å². The summed E-state index contributed by atoms with van der Waals surface area (Å²) in [7, 11) is 0. The van der Waals surface area contributed by atoms with Crippen molar-refractivity contribution in [3.8, 4) is 5.75 Å². The first-order valence-electron chi connectivity index (χ1n) is 9.31. The number of benzene rings is 3. The smallest absolute Gasteiger partial charge is 0.250 e. The molecule has 0 aromatic heterocycles. The number of hydrogen-bond donors (Lipinski definition) is 1. The molecule has 0 aliphatic rings. The van der Waals surface area contributed by atoms with Gasteiger partial charge in [0.05, 0.1) is 12.0 Å². The third kappa shape index (κ3) is 7.78. The molecule has 0 saturated heterocycles. The number of thioether (sulfide) groups is 1. The highest BCUT2D eigenvalue weighted by Gasteiger charge is 2.07. The number of hydrogen-bond acceptors (Lipinski definition) is 4. The molecule has 3 rings (SSSR count). The Hall–Kier alpha value is -2.18. The molecular formula is C23H19Cl3N2O2S. The fourth-order valence-corrected chi connectivity index (χ4v) is 4.34. The molecule has 3 aromatic carbocycles. The van der Waals surface area contributed by atoms with Crippen molar-refractivity contribution in [1.82, 2.24) is 5.43 Å². The number of nitrogens with one attached hydrogen (secondary N) is 1. The van der Waals surface area contributed by atoms with Gasteiger partial charge < -0.3 is 4.74 Å². The summed E-state index contributed by atoms with van der Waals surface area (Å²) >= 11 is 19.6. The average Bonchev–Trinajstić information content (AvgIpc) is 2.75. The number of carbonyl (C=O) groups is 1. The molecular weight excluding hydrogens is 475 g/mol. The Balaban J connectivity index is 1.40. The van der Waals surface area contributed by atoms with Crippen LogP contribution >= 0.6 is 46.6 Å². The van der Waals surface area contributed by atoms with E-state index in [4.69, 9.17) is 39.5 Å². The maximum absolute atomic E-state index is 12.0. The van der Waals surface area contributed by atoms with E-state index >= 15 is 0 Å². The number of hydrazone groups is 1. The van der Waals surface area contributed by atoms with Crippen molar-refractivity contribution in [2.75, 3.05) is 5.75 Å². The van der Waals surface area contributed by atoms with Gasteiger partial charge in [0.2, 0.25) is 5.91 Å². The van der Waals surface area contributed by atoms with Gasteiger partial charge in [-0.2, -0.15) is 5.10 Å². The molecule has 1 N–H and O–H groups in total. The van der Waals surface area contributed by atoms with Crippen LogP contribution in [0.15, 0.2) is 71.8 Å². The molecule has 8 heteroatoms. The Morgan fingerprint density at radius 2 is 1.71 bits per heavy atom. The molecule has 31 heavy (non-hydrogen) atoms. The van der Waals surface area contributed by atoms with Crippen molar-refractivity contribution in [2.24, 2.45) is 5.10 Å². The van der Waals surface area contributed by atoms with Gasteiger partial charge in [0, 0.05) is 20.8 Å². The van der Waals surface area contributed by atoms with E-state index in [9.17, 15) is 4.79 Å². The SMILES string of the molecule is O=C(CSCc1c(Cl)cccc1Cl)N/N=C\c1ccc(OCc2cccc(Cl)c2)cc1. The quantitative estimate of drug-likeness (QED) is 0.269. The summed E-state index contributed by atoms with van der Waals surface area (Å²) in [5, 5.41) is 5.86. The van der Waals surface area contributed by atoms with Crippen LogP contribution in [0, 0.1) is 0 Å². The lowest BCUT2D eigenvalue weighted by Crippen LogP contribution is -2.19. The highest BCUT2D eigenvalue weighted by molar-refractivity contribution is 7.99. The summed E-state index contributed by atoms with van der Waals surface area (Å²) in [6, 6.07) is 20.3. The third-order valence-electron chi connectivity index (χ3n) is 4.12. The molecule has 0 unspecified atom stereocenters. The predicted molar refractivity (Wildman–Crippen MR) is 131 cm³/mol. The number of nitrogens with zero attached hydrogens (tertiary/aromatic N) is 1. The molecule has 0 saturated carbocycles. The van der Waals surface area contributed by atoms with E-state index in [0.29, 0.717) is 27.4 Å². The van der Waals surface area contributed by atoms with Crippen LogP contribution in [-0.2, 0) is 17.2 Å². The Morgan fingerprint density at radius 1 is 1.00 bits per heavy atom. The van der Waals surface area contributed by atoms with Crippen LogP contribution in [0.3, 0.4) is 0 Å². The van der Waals surface area contributed by atoms with Crippen molar-refractivity contribution < 1.29 is 9.53 Å². The monoisotopic (exact) mass is 492 g/mol. The molecule has 0 radical (unpaired) electrons. The molecule has 4 nitrogen and oxygen atoms in total. The van der Waals surface area contributed by atoms with Gasteiger partial charge in [-0.1, -0.05) is 53.0 Å². The third-order valence-corrected chi connectivity index (χ3v) is 6.02. The first-order valence-corrected chi connectivity index (χ1v) is 11.6. The second kappa shape index (κ2) is 12.0. The fraction of sp³-hybridized carbons (Fsp3) is 0.130. The first kappa shape index (κ1) is 23.5. The van der Waals surface area contributed by atoms with E-state index in [1.807, 2.05) is 48.5 Å². The van der Waals surface area contributed by atoms with Gasteiger partial charge in [-0.05, 0) is 65.2 Å². The first-order chi connectivity index (χ1) is 15.0. The van der Waals surface area contributed by atoms with Crippen molar-refractivity contribution in [2.45, 2.75) is 12.4 Å². The number of halogens is 3. The Morgan fingerprint density at radius 3 is 2.42 bits per heavy atom. The van der Waals surface area contributed by atoms with Crippen LogP contribution in [-0.4, -0.2) is 17.9 Å². The molecule has 0 aliphatic carbocycles. The van der Waals surface area contributed by atoms with E-state index in [2.05, 4.69) is 10.5 Å². The fourth-order valence-electron chi connectivity index (χ4n) is 2.57. The van der Waals surface area contributed by atoms with Gasteiger partial charge in [0.1, 0.15) is 12.4 Å². The molecule has 0 aliphatic heterocycles. The zero-order valence-corrected chi connectivity index (χ0v) is 19.4. The minimum absolute atomic E-state index is 0.203. The predicted octanol–water partition coefficient (Wildman–Crippen LogP) is 6.61. The van der Waals surface area contributed by atoms with Gasteiger partial charge in [-0.15, -0.1) is 11.8 Å². The van der Waals surface area contributed by atoms with Crippen molar-refractivity contribution in [3.63, 3.8) is 0 Å². The highest BCUT2D eigenvalue weighted by atomic mass is 35.5. The Kier molecular flexibility index (Phi) is 9.10.